The van der Waals surface area contributed by atoms with Crippen molar-refractivity contribution in [2.75, 3.05) is 24.1 Å². The van der Waals surface area contributed by atoms with Crippen molar-refractivity contribution in [1.82, 2.24) is 19.4 Å². The van der Waals surface area contributed by atoms with Crippen LogP contribution in [0.4, 0.5) is 11.6 Å². The molecule has 1 saturated heterocycles. The van der Waals surface area contributed by atoms with Crippen LogP contribution in [-0.4, -0.2) is 55.7 Å². The first-order valence-corrected chi connectivity index (χ1v) is 13.9. The van der Waals surface area contributed by atoms with E-state index in [1.807, 2.05) is 23.2 Å². The largest absolute Gasteiger partial charge is 0.399 e. The van der Waals surface area contributed by atoms with Crippen LogP contribution in [0.15, 0.2) is 36.7 Å². The quantitative estimate of drug-likeness (QED) is 0.386. The molecule has 1 aliphatic heterocycles. The van der Waals surface area contributed by atoms with E-state index < -0.39 is 0 Å². The summed E-state index contributed by atoms with van der Waals surface area (Å²) in [6.07, 6.45) is 11.7. The Kier molecular flexibility index (Phi) is 7.65. The van der Waals surface area contributed by atoms with Gasteiger partial charge in [0.25, 0.3) is 5.91 Å². The van der Waals surface area contributed by atoms with Crippen molar-refractivity contribution in [2.24, 2.45) is 0 Å². The highest BCUT2D eigenvalue weighted by atomic mass is 16.3. The molecule has 0 bridgehead atoms. The van der Waals surface area contributed by atoms with Crippen molar-refractivity contribution in [2.45, 2.75) is 89.3 Å². The van der Waals surface area contributed by atoms with E-state index in [1.165, 1.54) is 5.56 Å². The average molecular weight is 505 g/mol. The molecule has 1 aliphatic carbocycles. The third-order valence-corrected chi connectivity index (χ3v) is 8.14. The van der Waals surface area contributed by atoms with Crippen LogP contribution in [0.3, 0.4) is 0 Å². The van der Waals surface area contributed by atoms with Gasteiger partial charge in [0.05, 0.1) is 6.10 Å². The minimum absolute atomic E-state index is 0.0712. The molecule has 2 fully saturated rings. The first-order chi connectivity index (χ1) is 17.9. The number of benzene rings is 1. The lowest BCUT2D eigenvalue weighted by Gasteiger charge is -2.32. The highest BCUT2D eigenvalue weighted by molar-refractivity contribution is 5.94. The van der Waals surface area contributed by atoms with Crippen LogP contribution in [0.25, 0.3) is 11.0 Å². The summed E-state index contributed by atoms with van der Waals surface area (Å²) in [6, 6.07) is 7.84. The molecule has 8 nitrogen and oxygen atoms in total. The van der Waals surface area contributed by atoms with Crippen LogP contribution in [0.1, 0.15) is 93.1 Å². The van der Waals surface area contributed by atoms with Crippen molar-refractivity contribution >= 4 is 28.6 Å². The van der Waals surface area contributed by atoms with Crippen LogP contribution in [0.2, 0.25) is 0 Å². The fourth-order valence-corrected chi connectivity index (χ4v) is 5.99. The molecule has 1 atom stereocenters. The van der Waals surface area contributed by atoms with Crippen LogP contribution < -0.4 is 11.1 Å². The van der Waals surface area contributed by atoms with Gasteiger partial charge in [-0.2, -0.15) is 4.98 Å². The van der Waals surface area contributed by atoms with Crippen molar-refractivity contribution in [3.63, 3.8) is 0 Å². The summed E-state index contributed by atoms with van der Waals surface area (Å²) >= 11 is 0. The van der Waals surface area contributed by atoms with Gasteiger partial charge in [0.15, 0.2) is 0 Å². The molecular weight excluding hydrogens is 464 g/mol. The Morgan fingerprint density at radius 1 is 1.14 bits per heavy atom. The van der Waals surface area contributed by atoms with E-state index in [2.05, 4.69) is 29.9 Å². The van der Waals surface area contributed by atoms with Gasteiger partial charge in [-0.15, -0.1) is 0 Å². The SMILES string of the molecule is CCC[C@H](C)Nc1ncc2c(C3CCN(C(=O)c4ccc(N)cc4)CC3)cn(C3CCC(O)CC3)c2n1. The first kappa shape index (κ1) is 25.5. The fraction of sp³-hybridized carbons (Fsp3) is 0.552. The smallest absolute Gasteiger partial charge is 0.253 e. The van der Waals surface area contributed by atoms with Crippen LogP contribution in [-0.2, 0) is 0 Å². The van der Waals surface area contributed by atoms with Crippen LogP contribution in [0, 0.1) is 0 Å². The highest BCUT2D eigenvalue weighted by Gasteiger charge is 2.29. The normalized spacial score (nSPS) is 21.8. The number of piperidine rings is 1. The second-order valence-corrected chi connectivity index (χ2v) is 10.9. The predicted octanol–water partition coefficient (Wildman–Crippen LogP) is 5.11. The van der Waals surface area contributed by atoms with Crippen molar-refractivity contribution in [3.05, 3.63) is 47.8 Å². The molecule has 37 heavy (non-hydrogen) atoms. The second kappa shape index (κ2) is 11.1. The monoisotopic (exact) mass is 504 g/mol. The van der Waals surface area contributed by atoms with Gasteiger partial charge < -0.3 is 25.6 Å². The molecule has 0 radical (unpaired) electrons. The Labute approximate surface area is 219 Å². The summed E-state index contributed by atoms with van der Waals surface area (Å²) in [5.41, 5.74) is 9.41. The number of nitrogens with one attached hydrogen (secondary N) is 1. The molecule has 1 saturated carbocycles. The number of likely N-dealkylation sites (tertiary alicyclic amines) is 1. The number of nitrogen functional groups attached to an aromatic ring is 1. The number of hydrogen-bond acceptors (Lipinski definition) is 6. The zero-order valence-electron chi connectivity index (χ0n) is 22.1. The highest BCUT2D eigenvalue weighted by Crippen LogP contribution is 2.38. The Morgan fingerprint density at radius 2 is 1.84 bits per heavy atom. The number of nitrogens with zero attached hydrogens (tertiary/aromatic N) is 4. The molecule has 2 aliphatic rings. The van der Waals surface area contributed by atoms with Gasteiger partial charge in [-0.3, -0.25) is 4.79 Å². The zero-order valence-corrected chi connectivity index (χ0v) is 22.1. The maximum Gasteiger partial charge on any atom is 0.253 e. The Balaban J connectivity index is 1.38. The number of amides is 1. The summed E-state index contributed by atoms with van der Waals surface area (Å²) in [5, 5.41) is 14.7. The molecule has 1 aromatic carbocycles. The summed E-state index contributed by atoms with van der Waals surface area (Å²) in [6.45, 7) is 5.81. The molecule has 5 rings (SSSR count). The lowest BCUT2D eigenvalue weighted by molar-refractivity contribution is 0.0713. The number of carbonyl (C=O) groups is 1. The molecule has 3 heterocycles. The van der Waals surface area contributed by atoms with Crippen LogP contribution >= 0.6 is 0 Å². The third-order valence-electron chi connectivity index (χ3n) is 8.14. The van der Waals surface area contributed by atoms with Gasteiger partial charge in [0, 0.05) is 54.2 Å². The van der Waals surface area contributed by atoms with Gasteiger partial charge in [0.2, 0.25) is 5.95 Å². The number of aliphatic hydroxyl groups excluding tert-OH is 1. The number of nitrogens with two attached hydrogens (primary N) is 1. The van der Waals surface area contributed by atoms with E-state index in [4.69, 9.17) is 15.7 Å². The lowest BCUT2D eigenvalue weighted by Crippen LogP contribution is -2.37. The predicted molar refractivity (Wildman–Crippen MR) is 148 cm³/mol. The number of fused-ring (bicyclic) bond motifs is 1. The Morgan fingerprint density at radius 3 is 2.51 bits per heavy atom. The molecule has 0 spiro atoms. The Hall–Kier alpha value is -3.13. The first-order valence-electron chi connectivity index (χ1n) is 13.9. The van der Waals surface area contributed by atoms with Gasteiger partial charge in [-0.25, -0.2) is 4.98 Å². The van der Waals surface area contributed by atoms with E-state index >= 15 is 0 Å². The topological polar surface area (TPSA) is 109 Å². The summed E-state index contributed by atoms with van der Waals surface area (Å²) in [5.74, 6) is 1.11. The van der Waals surface area contributed by atoms with Gasteiger partial charge in [-0.05, 0) is 87.6 Å². The number of anilines is 2. The molecule has 3 aromatic rings. The number of hydrogen-bond donors (Lipinski definition) is 3. The minimum Gasteiger partial charge on any atom is -0.399 e. The van der Waals surface area contributed by atoms with E-state index in [-0.39, 0.29) is 12.0 Å². The van der Waals surface area contributed by atoms with Crippen molar-refractivity contribution < 1.29 is 9.90 Å². The molecule has 8 heteroatoms. The molecule has 198 valence electrons. The van der Waals surface area contributed by atoms with Gasteiger partial charge >= 0.3 is 0 Å². The lowest BCUT2D eigenvalue weighted by atomic mass is 9.89. The fourth-order valence-electron chi connectivity index (χ4n) is 5.99. The summed E-state index contributed by atoms with van der Waals surface area (Å²) < 4.78 is 2.35. The molecule has 0 unspecified atom stereocenters. The van der Waals surface area contributed by atoms with E-state index in [0.29, 0.717) is 35.2 Å². The second-order valence-electron chi connectivity index (χ2n) is 10.9. The number of aromatic nitrogens is 3. The molecule has 4 N–H and O–H groups in total. The standard InChI is InChI=1S/C29H40N6O2/c1-3-4-19(2)32-29-31-17-25-26(18-35(27(25)33-29)23-9-11-24(36)12-10-23)20-13-15-34(16-14-20)28(37)21-5-7-22(30)8-6-21/h5-8,17-20,23-24,36H,3-4,9-16,30H2,1-2H3,(H,31,32,33)/t19-,23?,24?/m0/s1. The number of rotatable bonds is 7. The maximum absolute atomic E-state index is 13.0. The van der Waals surface area contributed by atoms with Crippen molar-refractivity contribution in [3.8, 4) is 0 Å². The molecule has 2 aromatic heterocycles. The summed E-state index contributed by atoms with van der Waals surface area (Å²) in [4.78, 5) is 24.7. The number of carbonyl (C=O) groups excluding carboxylic acids is 1. The third kappa shape index (κ3) is 5.59. The van der Waals surface area contributed by atoms with E-state index in [9.17, 15) is 9.90 Å². The van der Waals surface area contributed by atoms with Crippen LogP contribution in [0.5, 0.6) is 0 Å². The molecule has 1 amide bonds. The Bertz CT molecular complexity index is 1210. The number of aliphatic hydroxyl groups is 1. The van der Waals surface area contributed by atoms with Gasteiger partial charge in [-0.1, -0.05) is 13.3 Å². The van der Waals surface area contributed by atoms with Crippen molar-refractivity contribution in [1.29, 1.82) is 0 Å². The van der Waals surface area contributed by atoms with Gasteiger partial charge in [0.1, 0.15) is 5.65 Å². The summed E-state index contributed by atoms with van der Waals surface area (Å²) in [7, 11) is 0. The zero-order chi connectivity index (χ0) is 25.9. The molecular formula is C29H40N6O2. The van der Waals surface area contributed by atoms with E-state index in [0.717, 1.165) is 75.5 Å². The van der Waals surface area contributed by atoms with E-state index in [1.54, 1.807) is 12.1 Å². The maximum atomic E-state index is 13.0. The average Bonchev–Trinajstić information content (AvgIpc) is 3.28. The minimum atomic E-state index is -0.192.